The summed E-state index contributed by atoms with van der Waals surface area (Å²) in [4.78, 5) is 22.6. The minimum absolute atomic E-state index is 0.207. The van der Waals surface area contributed by atoms with Gasteiger partial charge in [-0.05, 0) is 24.1 Å². The smallest absolute Gasteiger partial charge is 0.321 e. The summed E-state index contributed by atoms with van der Waals surface area (Å²) >= 11 is 0. The van der Waals surface area contributed by atoms with Crippen molar-refractivity contribution in [2.75, 3.05) is 13.2 Å². The number of benzene rings is 1. The Kier molecular flexibility index (Phi) is 6.38. The summed E-state index contributed by atoms with van der Waals surface area (Å²) in [7, 11) is 0. The molecule has 1 aromatic rings. The highest BCUT2D eigenvalue weighted by Gasteiger charge is 2.07. The zero-order chi connectivity index (χ0) is 14.1. The SMILES string of the molecule is CCCNC(=O)NC(=O)COc1ccc(CN)cc1. The Hall–Kier alpha value is -2.08. The molecule has 0 aliphatic rings. The fourth-order valence-electron chi connectivity index (χ4n) is 1.32. The molecule has 3 amide bonds. The average molecular weight is 265 g/mol. The molecule has 0 radical (unpaired) electrons. The Bertz CT molecular complexity index is 418. The van der Waals surface area contributed by atoms with E-state index in [1.54, 1.807) is 12.1 Å². The summed E-state index contributed by atoms with van der Waals surface area (Å²) in [5, 5.41) is 4.71. The standard InChI is InChI=1S/C13H19N3O3/c1-2-7-15-13(18)16-12(17)9-19-11-5-3-10(8-14)4-6-11/h3-6H,2,7-9,14H2,1H3,(H2,15,16,17,18). The van der Waals surface area contributed by atoms with Gasteiger partial charge in [-0.15, -0.1) is 0 Å². The third-order valence-electron chi connectivity index (χ3n) is 2.32. The minimum atomic E-state index is -0.506. The van der Waals surface area contributed by atoms with Crippen molar-refractivity contribution < 1.29 is 14.3 Å². The molecule has 1 rings (SSSR count). The van der Waals surface area contributed by atoms with Crippen LogP contribution in [-0.2, 0) is 11.3 Å². The highest BCUT2D eigenvalue weighted by atomic mass is 16.5. The van der Waals surface area contributed by atoms with E-state index in [9.17, 15) is 9.59 Å². The molecule has 104 valence electrons. The second-order valence-electron chi connectivity index (χ2n) is 3.94. The summed E-state index contributed by atoms with van der Waals surface area (Å²) < 4.78 is 5.24. The molecule has 0 fully saturated rings. The second-order valence-corrected chi connectivity index (χ2v) is 3.94. The summed E-state index contributed by atoms with van der Waals surface area (Å²) in [5.41, 5.74) is 6.45. The van der Waals surface area contributed by atoms with Crippen molar-refractivity contribution in [2.24, 2.45) is 5.73 Å². The normalized spacial score (nSPS) is 9.79. The van der Waals surface area contributed by atoms with Gasteiger partial charge in [-0.1, -0.05) is 19.1 Å². The Balaban J connectivity index is 2.31. The molecule has 6 nitrogen and oxygen atoms in total. The molecule has 0 aliphatic heterocycles. The summed E-state index contributed by atoms with van der Waals surface area (Å²) in [5.74, 6) is 0.0674. The molecular formula is C13H19N3O3. The van der Waals surface area contributed by atoms with Crippen LogP contribution in [0.4, 0.5) is 4.79 Å². The number of rotatable bonds is 6. The number of carbonyl (C=O) groups excluding carboxylic acids is 2. The van der Waals surface area contributed by atoms with Gasteiger partial charge in [0.2, 0.25) is 0 Å². The molecule has 4 N–H and O–H groups in total. The number of carbonyl (C=O) groups is 2. The van der Waals surface area contributed by atoms with Crippen LogP contribution in [0.2, 0.25) is 0 Å². The average Bonchev–Trinajstić information content (AvgIpc) is 2.43. The maximum Gasteiger partial charge on any atom is 0.321 e. The van der Waals surface area contributed by atoms with Crippen LogP contribution in [0.5, 0.6) is 5.75 Å². The van der Waals surface area contributed by atoms with Gasteiger partial charge in [0.1, 0.15) is 5.75 Å². The van der Waals surface area contributed by atoms with E-state index < -0.39 is 11.9 Å². The zero-order valence-electron chi connectivity index (χ0n) is 10.9. The van der Waals surface area contributed by atoms with Crippen LogP contribution in [0.3, 0.4) is 0 Å². The van der Waals surface area contributed by atoms with Gasteiger partial charge in [0.25, 0.3) is 5.91 Å². The third kappa shape index (κ3) is 5.87. The van der Waals surface area contributed by atoms with Crippen LogP contribution < -0.4 is 21.1 Å². The van der Waals surface area contributed by atoms with E-state index in [1.165, 1.54) is 0 Å². The third-order valence-corrected chi connectivity index (χ3v) is 2.32. The van der Waals surface area contributed by atoms with Crippen molar-refractivity contribution in [3.8, 4) is 5.75 Å². The van der Waals surface area contributed by atoms with Gasteiger partial charge in [0.05, 0.1) is 0 Å². The van der Waals surface area contributed by atoms with Gasteiger partial charge in [0.15, 0.2) is 6.61 Å². The number of nitrogens with one attached hydrogen (secondary N) is 2. The fraction of sp³-hybridized carbons (Fsp3) is 0.385. The molecule has 0 spiro atoms. The monoisotopic (exact) mass is 265 g/mol. The molecule has 0 atom stereocenters. The lowest BCUT2D eigenvalue weighted by molar-refractivity contribution is -0.122. The Morgan fingerprint density at radius 2 is 1.95 bits per heavy atom. The molecule has 0 aromatic heterocycles. The number of urea groups is 1. The van der Waals surface area contributed by atoms with Crippen molar-refractivity contribution in [3.05, 3.63) is 29.8 Å². The molecule has 0 bridgehead atoms. The van der Waals surface area contributed by atoms with Gasteiger partial charge < -0.3 is 15.8 Å². The van der Waals surface area contributed by atoms with Gasteiger partial charge in [-0.3, -0.25) is 10.1 Å². The van der Waals surface area contributed by atoms with Crippen molar-refractivity contribution in [2.45, 2.75) is 19.9 Å². The van der Waals surface area contributed by atoms with Gasteiger partial charge in [-0.25, -0.2) is 4.79 Å². The Morgan fingerprint density at radius 1 is 1.26 bits per heavy atom. The summed E-state index contributed by atoms with van der Waals surface area (Å²) in [6.45, 7) is 2.70. The molecule has 0 aliphatic carbocycles. The Labute approximate surface area is 112 Å². The minimum Gasteiger partial charge on any atom is -0.484 e. The molecule has 6 heteroatoms. The molecule has 0 saturated carbocycles. The summed E-state index contributed by atoms with van der Waals surface area (Å²) in [6.07, 6.45) is 0.811. The second kappa shape index (κ2) is 8.10. The first-order chi connectivity index (χ1) is 9.15. The van der Waals surface area contributed by atoms with Crippen LogP contribution >= 0.6 is 0 Å². The van der Waals surface area contributed by atoms with E-state index in [0.29, 0.717) is 18.8 Å². The first kappa shape index (κ1) is 15.0. The molecule has 1 aromatic carbocycles. The number of amides is 3. The number of hydrogen-bond donors (Lipinski definition) is 3. The van der Waals surface area contributed by atoms with E-state index in [2.05, 4.69) is 10.6 Å². The van der Waals surface area contributed by atoms with E-state index in [0.717, 1.165) is 12.0 Å². The lowest BCUT2D eigenvalue weighted by atomic mass is 10.2. The van der Waals surface area contributed by atoms with E-state index in [4.69, 9.17) is 10.5 Å². The zero-order valence-corrected chi connectivity index (χ0v) is 10.9. The highest BCUT2D eigenvalue weighted by molar-refractivity contribution is 5.94. The van der Waals surface area contributed by atoms with Crippen molar-refractivity contribution in [3.63, 3.8) is 0 Å². The first-order valence-corrected chi connectivity index (χ1v) is 6.15. The topological polar surface area (TPSA) is 93.5 Å². The fourth-order valence-corrected chi connectivity index (χ4v) is 1.32. The van der Waals surface area contributed by atoms with Crippen molar-refractivity contribution in [1.29, 1.82) is 0 Å². The number of imide groups is 1. The van der Waals surface area contributed by atoms with E-state index >= 15 is 0 Å². The predicted octanol–water partition coefficient (Wildman–Crippen LogP) is 0.760. The van der Waals surface area contributed by atoms with Gasteiger partial charge in [0, 0.05) is 13.1 Å². The number of nitrogens with two attached hydrogens (primary N) is 1. The molecular weight excluding hydrogens is 246 g/mol. The summed E-state index contributed by atoms with van der Waals surface area (Å²) in [6, 6.07) is 6.59. The number of ether oxygens (including phenoxy) is 1. The maximum absolute atomic E-state index is 11.4. The van der Waals surface area contributed by atoms with Crippen LogP contribution in [-0.4, -0.2) is 25.1 Å². The quantitative estimate of drug-likeness (QED) is 0.708. The van der Waals surface area contributed by atoms with Gasteiger partial charge >= 0.3 is 6.03 Å². The molecule has 0 heterocycles. The molecule has 0 unspecified atom stereocenters. The Morgan fingerprint density at radius 3 is 2.53 bits per heavy atom. The largest absolute Gasteiger partial charge is 0.484 e. The first-order valence-electron chi connectivity index (χ1n) is 6.15. The van der Waals surface area contributed by atoms with Crippen LogP contribution in [0, 0.1) is 0 Å². The maximum atomic E-state index is 11.4. The van der Waals surface area contributed by atoms with E-state index in [-0.39, 0.29) is 6.61 Å². The molecule has 0 saturated heterocycles. The van der Waals surface area contributed by atoms with Crippen molar-refractivity contribution in [1.82, 2.24) is 10.6 Å². The molecule has 19 heavy (non-hydrogen) atoms. The lowest BCUT2D eigenvalue weighted by Gasteiger charge is -2.08. The van der Waals surface area contributed by atoms with Crippen LogP contribution in [0.1, 0.15) is 18.9 Å². The van der Waals surface area contributed by atoms with Gasteiger partial charge in [-0.2, -0.15) is 0 Å². The number of hydrogen-bond acceptors (Lipinski definition) is 4. The van der Waals surface area contributed by atoms with E-state index in [1.807, 2.05) is 19.1 Å². The van der Waals surface area contributed by atoms with Crippen LogP contribution in [0.15, 0.2) is 24.3 Å². The highest BCUT2D eigenvalue weighted by Crippen LogP contribution is 2.11. The lowest BCUT2D eigenvalue weighted by Crippen LogP contribution is -2.41. The van der Waals surface area contributed by atoms with Crippen molar-refractivity contribution >= 4 is 11.9 Å². The predicted molar refractivity (Wildman–Crippen MR) is 71.7 cm³/mol. The van der Waals surface area contributed by atoms with Crippen LogP contribution in [0.25, 0.3) is 0 Å².